The van der Waals surface area contributed by atoms with Gasteiger partial charge in [-0.2, -0.15) is 0 Å². The topological polar surface area (TPSA) is 143 Å². The van der Waals surface area contributed by atoms with Crippen LogP contribution in [0, 0.1) is 0 Å². The van der Waals surface area contributed by atoms with Crippen LogP contribution in [-0.4, -0.2) is 41.7 Å². The number of alkyl carbamates (subject to hydrolysis) is 1. The third-order valence-corrected chi connectivity index (χ3v) is 5.09. The fourth-order valence-corrected chi connectivity index (χ4v) is 3.10. The third kappa shape index (κ3) is 7.88. The lowest BCUT2D eigenvalue weighted by molar-refractivity contribution is -0.140. The van der Waals surface area contributed by atoms with Crippen LogP contribution in [0.2, 0.25) is 5.02 Å². The molecule has 0 bridgehead atoms. The molecule has 11 heteroatoms. The quantitative estimate of drug-likeness (QED) is 0.217. The van der Waals surface area contributed by atoms with Gasteiger partial charge in [0.1, 0.15) is 24.2 Å². The van der Waals surface area contributed by atoms with Gasteiger partial charge in [0.2, 0.25) is 0 Å². The summed E-state index contributed by atoms with van der Waals surface area (Å²) in [6.45, 7) is 3.55. The van der Waals surface area contributed by atoms with Crippen LogP contribution in [0.3, 0.4) is 0 Å². The molecular formula is C25H24ClN3O7. The molecule has 0 radical (unpaired) electrons. The molecule has 1 saturated carbocycles. The summed E-state index contributed by atoms with van der Waals surface area (Å²) in [6, 6.07) is 10.5. The number of ether oxygens (including phenoxy) is 2. The summed E-state index contributed by atoms with van der Waals surface area (Å²) in [7, 11) is 0. The molecule has 3 rings (SSSR count). The molecule has 1 aliphatic carbocycles. The van der Waals surface area contributed by atoms with Gasteiger partial charge in [0, 0.05) is 18.3 Å². The average molecular weight is 514 g/mol. The maximum atomic E-state index is 12.8. The van der Waals surface area contributed by atoms with Crippen molar-refractivity contribution in [3.05, 3.63) is 88.7 Å². The number of nitrogens with one attached hydrogen (secondary N) is 3. The number of carbonyl (C=O) groups excluding carboxylic acids is 4. The molecule has 36 heavy (non-hydrogen) atoms. The molecule has 188 valence electrons. The Bertz CT molecular complexity index is 1210. The van der Waals surface area contributed by atoms with E-state index < -0.39 is 23.9 Å². The van der Waals surface area contributed by atoms with Crippen LogP contribution in [-0.2, 0) is 20.8 Å². The molecule has 0 spiro atoms. The highest BCUT2D eigenvalue weighted by atomic mass is 35.5. The summed E-state index contributed by atoms with van der Waals surface area (Å²) in [5, 5.41) is 16.8. The highest BCUT2D eigenvalue weighted by Crippen LogP contribution is 2.24. The Balaban J connectivity index is 1.66. The number of phenolic OH excluding ortho intramolecular Hbond substituents is 1. The van der Waals surface area contributed by atoms with Crippen molar-refractivity contribution in [2.24, 2.45) is 0 Å². The summed E-state index contributed by atoms with van der Waals surface area (Å²) in [5.74, 6) is -1.96. The summed E-state index contributed by atoms with van der Waals surface area (Å²) < 4.78 is 9.96. The number of benzene rings is 2. The molecule has 2 aromatic carbocycles. The second-order valence-corrected chi connectivity index (χ2v) is 8.10. The number of amides is 3. The molecule has 2 aromatic rings. The minimum Gasteiger partial charge on any atom is -0.508 e. The molecule has 0 aliphatic heterocycles. The number of aromatic hydroxyl groups is 1. The maximum absolute atomic E-state index is 12.8. The van der Waals surface area contributed by atoms with Crippen molar-refractivity contribution in [3.8, 4) is 5.75 Å². The van der Waals surface area contributed by atoms with Crippen LogP contribution in [0.5, 0.6) is 5.75 Å². The lowest BCUT2D eigenvalue weighted by atomic mass is 10.1. The number of hydrogen-bond acceptors (Lipinski definition) is 7. The number of halogens is 1. The van der Waals surface area contributed by atoms with Gasteiger partial charge in [0.25, 0.3) is 11.8 Å². The van der Waals surface area contributed by atoms with E-state index in [4.69, 9.17) is 21.1 Å². The molecular weight excluding hydrogens is 490 g/mol. The molecule has 0 atom stereocenters. The van der Waals surface area contributed by atoms with Gasteiger partial charge in [-0.3, -0.25) is 14.9 Å². The largest absolute Gasteiger partial charge is 0.508 e. The van der Waals surface area contributed by atoms with Crippen LogP contribution < -0.4 is 16.0 Å². The molecule has 10 nitrogen and oxygen atoms in total. The molecule has 3 amide bonds. The molecule has 0 heterocycles. The number of esters is 1. The smallest absolute Gasteiger partial charge is 0.411 e. The molecule has 1 fully saturated rings. The van der Waals surface area contributed by atoms with E-state index in [0.29, 0.717) is 18.4 Å². The molecule has 0 aromatic heterocycles. The Morgan fingerprint density at radius 3 is 2.56 bits per heavy atom. The van der Waals surface area contributed by atoms with Gasteiger partial charge in [0.15, 0.2) is 0 Å². The van der Waals surface area contributed by atoms with Gasteiger partial charge >= 0.3 is 12.1 Å². The van der Waals surface area contributed by atoms with Gasteiger partial charge in [-0.05, 0) is 48.7 Å². The van der Waals surface area contributed by atoms with Crippen LogP contribution >= 0.6 is 11.6 Å². The Hall–Kier alpha value is -4.31. The lowest BCUT2D eigenvalue weighted by Crippen LogP contribution is -2.32. The monoisotopic (exact) mass is 513 g/mol. The van der Waals surface area contributed by atoms with E-state index >= 15 is 0 Å². The minimum atomic E-state index is -0.861. The number of hydrogen-bond donors (Lipinski definition) is 4. The van der Waals surface area contributed by atoms with E-state index in [9.17, 15) is 24.3 Å². The predicted molar refractivity (Wildman–Crippen MR) is 130 cm³/mol. The van der Waals surface area contributed by atoms with Gasteiger partial charge in [-0.1, -0.05) is 36.4 Å². The summed E-state index contributed by atoms with van der Waals surface area (Å²) in [6.07, 6.45) is 2.65. The standard InChI is InChI=1S/C25H24ClN3O7/c1-2-10-35-25(34)28-14-21(24(33)36-18-7-8-18)29-23(32)19-9-6-16(12-20(19)26)22(31)27-13-15-4-3-5-17(30)11-15/h2-6,9,11-12,14,18,30H,1,7-8,10,13H2,(H,27,31)(H,28,34)(H,29,32)/b21-14+. The fourth-order valence-electron chi connectivity index (χ4n) is 2.84. The summed E-state index contributed by atoms with van der Waals surface area (Å²) >= 11 is 6.24. The number of rotatable bonds is 10. The second kappa shape index (κ2) is 12.4. The zero-order valence-electron chi connectivity index (χ0n) is 19.1. The highest BCUT2D eigenvalue weighted by Gasteiger charge is 2.28. The fraction of sp³-hybridized carbons (Fsp3) is 0.200. The van der Waals surface area contributed by atoms with E-state index in [-0.39, 0.29) is 46.9 Å². The van der Waals surface area contributed by atoms with Crippen molar-refractivity contribution in [1.82, 2.24) is 16.0 Å². The van der Waals surface area contributed by atoms with E-state index in [0.717, 1.165) is 6.20 Å². The van der Waals surface area contributed by atoms with Crippen molar-refractivity contribution in [2.45, 2.75) is 25.5 Å². The van der Waals surface area contributed by atoms with E-state index in [1.165, 1.54) is 36.4 Å². The zero-order valence-corrected chi connectivity index (χ0v) is 19.8. The second-order valence-electron chi connectivity index (χ2n) is 7.70. The Kier molecular flexibility index (Phi) is 9.07. The first-order chi connectivity index (χ1) is 17.3. The van der Waals surface area contributed by atoms with Crippen LogP contribution in [0.4, 0.5) is 4.79 Å². The number of phenols is 1. The van der Waals surface area contributed by atoms with Crippen LogP contribution in [0.1, 0.15) is 39.1 Å². The van der Waals surface area contributed by atoms with E-state index in [1.807, 2.05) is 0 Å². The van der Waals surface area contributed by atoms with Crippen molar-refractivity contribution in [2.75, 3.05) is 6.61 Å². The third-order valence-electron chi connectivity index (χ3n) is 4.77. The number of carbonyl (C=O) groups is 4. The zero-order chi connectivity index (χ0) is 26.1. The maximum Gasteiger partial charge on any atom is 0.411 e. The van der Waals surface area contributed by atoms with Crippen molar-refractivity contribution in [1.29, 1.82) is 0 Å². The molecule has 1 aliphatic rings. The Labute approximate surface area is 211 Å². The normalized spacial score (nSPS) is 12.8. The lowest BCUT2D eigenvalue weighted by Gasteiger charge is -2.12. The van der Waals surface area contributed by atoms with Gasteiger partial charge in [-0.15, -0.1) is 0 Å². The minimum absolute atomic E-state index is 0.0134. The highest BCUT2D eigenvalue weighted by molar-refractivity contribution is 6.34. The Morgan fingerprint density at radius 1 is 1.11 bits per heavy atom. The average Bonchev–Trinajstić information content (AvgIpc) is 3.67. The van der Waals surface area contributed by atoms with Crippen LogP contribution in [0.25, 0.3) is 0 Å². The van der Waals surface area contributed by atoms with Crippen molar-refractivity contribution >= 4 is 35.5 Å². The first kappa shape index (κ1) is 26.3. The van der Waals surface area contributed by atoms with E-state index in [1.54, 1.807) is 12.1 Å². The SMILES string of the molecule is C=CCOC(=O)N/C=C(/NC(=O)c1ccc(C(=O)NCc2cccc(O)c2)cc1Cl)C(=O)OC1CC1. The van der Waals surface area contributed by atoms with Crippen LogP contribution in [0.15, 0.2) is 67.0 Å². The van der Waals surface area contributed by atoms with Crippen molar-refractivity contribution < 1.29 is 33.8 Å². The van der Waals surface area contributed by atoms with Gasteiger partial charge in [-0.25, -0.2) is 9.59 Å². The first-order valence-electron chi connectivity index (χ1n) is 10.9. The molecule has 0 saturated heterocycles. The first-order valence-corrected chi connectivity index (χ1v) is 11.3. The predicted octanol–water partition coefficient (Wildman–Crippen LogP) is 3.16. The Morgan fingerprint density at radius 2 is 1.89 bits per heavy atom. The summed E-state index contributed by atoms with van der Waals surface area (Å²) in [4.78, 5) is 49.4. The van der Waals surface area contributed by atoms with E-state index in [2.05, 4.69) is 22.5 Å². The molecule has 0 unspecified atom stereocenters. The van der Waals surface area contributed by atoms with Gasteiger partial charge < -0.3 is 25.2 Å². The summed E-state index contributed by atoms with van der Waals surface area (Å²) in [5.41, 5.74) is 0.559. The van der Waals surface area contributed by atoms with Gasteiger partial charge in [0.05, 0.1) is 10.6 Å². The molecule has 4 N–H and O–H groups in total. The van der Waals surface area contributed by atoms with Crippen molar-refractivity contribution in [3.63, 3.8) is 0 Å².